The van der Waals surface area contributed by atoms with Crippen LogP contribution in [0.2, 0.25) is 0 Å². The minimum absolute atomic E-state index is 0.244. The van der Waals surface area contributed by atoms with Crippen LogP contribution in [-0.2, 0) is 4.74 Å². The van der Waals surface area contributed by atoms with Gasteiger partial charge < -0.3 is 4.74 Å². The molecule has 0 radical (unpaired) electrons. The monoisotopic (exact) mass is 244 g/mol. The molecule has 4 fully saturated rings. The zero-order valence-corrected chi connectivity index (χ0v) is 10.6. The van der Waals surface area contributed by atoms with Crippen molar-refractivity contribution in [1.29, 1.82) is 0 Å². The number of hydrogen-bond donors (Lipinski definition) is 0. The molecule has 3 heteroatoms. The molecule has 4 saturated carbocycles. The maximum Gasteiger partial charge on any atom is 0.261 e. The summed E-state index contributed by atoms with van der Waals surface area (Å²) in [5.41, 5.74) is 0.728. The smallest absolute Gasteiger partial charge is 0.261 e. The van der Waals surface area contributed by atoms with Crippen molar-refractivity contribution in [1.82, 2.24) is 0 Å². The summed E-state index contributed by atoms with van der Waals surface area (Å²) >= 11 is 0. The van der Waals surface area contributed by atoms with Gasteiger partial charge in [-0.1, -0.05) is 6.92 Å². The van der Waals surface area contributed by atoms with Gasteiger partial charge in [-0.2, -0.15) is 0 Å². The molecule has 0 aromatic heterocycles. The van der Waals surface area contributed by atoms with E-state index < -0.39 is 6.43 Å². The van der Waals surface area contributed by atoms with E-state index >= 15 is 0 Å². The van der Waals surface area contributed by atoms with Crippen molar-refractivity contribution in [3.63, 3.8) is 0 Å². The van der Waals surface area contributed by atoms with Crippen molar-refractivity contribution in [3.8, 4) is 0 Å². The van der Waals surface area contributed by atoms with Crippen molar-refractivity contribution in [2.75, 3.05) is 13.2 Å². The van der Waals surface area contributed by atoms with Crippen LogP contribution in [0.25, 0.3) is 0 Å². The van der Waals surface area contributed by atoms with Gasteiger partial charge in [0.2, 0.25) is 0 Å². The third kappa shape index (κ3) is 2.23. The largest absolute Gasteiger partial charge is 0.375 e. The SMILES string of the molecule is CC12CC3CC(C1)CC(COCC(F)F)(C3)C2. The first-order valence-corrected chi connectivity index (χ1v) is 6.85. The molecule has 0 aromatic carbocycles. The highest BCUT2D eigenvalue weighted by molar-refractivity contribution is 5.06. The first-order valence-electron chi connectivity index (χ1n) is 6.85. The molecule has 0 spiro atoms. The second-order valence-electron chi connectivity index (χ2n) is 7.18. The molecule has 4 bridgehead atoms. The van der Waals surface area contributed by atoms with E-state index in [0.29, 0.717) is 12.0 Å². The highest BCUT2D eigenvalue weighted by Crippen LogP contribution is 2.65. The van der Waals surface area contributed by atoms with Gasteiger partial charge in [0.05, 0.1) is 6.61 Å². The fourth-order valence-electron chi connectivity index (χ4n) is 5.46. The molecule has 0 aliphatic heterocycles. The number of rotatable bonds is 4. The summed E-state index contributed by atoms with van der Waals surface area (Å²) in [6.45, 7) is 2.58. The Bertz CT molecular complexity index is 289. The Balaban J connectivity index is 1.66. The van der Waals surface area contributed by atoms with Gasteiger partial charge in [-0.15, -0.1) is 0 Å². The van der Waals surface area contributed by atoms with Crippen molar-refractivity contribution in [2.45, 2.75) is 51.9 Å². The molecule has 0 saturated heterocycles. The molecule has 98 valence electrons. The average molecular weight is 244 g/mol. The second-order valence-corrected chi connectivity index (χ2v) is 7.18. The first-order chi connectivity index (χ1) is 7.99. The van der Waals surface area contributed by atoms with Gasteiger partial charge in [-0.25, -0.2) is 8.78 Å². The maximum absolute atomic E-state index is 12.1. The number of alkyl halides is 2. The lowest BCUT2D eigenvalue weighted by molar-refractivity contribution is -0.139. The minimum atomic E-state index is -2.32. The summed E-state index contributed by atoms with van der Waals surface area (Å²) in [5, 5.41) is 0. The van der Waals surface area contributed by atoms with Crippen molar-refractivity contribution >= 4 is 0 Å². The van der Waals surface area contributed by atoms with Crippen LogP contribution >= 0.6 is 0 Å². The molecule has 0 aromatic rings. The molecule has 4 aliphatic carbocycles. The summed E-state index contributed by atoms with van der Waals surface area (Å²) < 4.78 is 29.6. The van der Waals surface area contributed by atoms with Crippen LogP contribution in [0, 0.1) is 22.7 Å². The molecule has 17 heavy (non-hydrogen) atoms. The van der Waals surface area contributed by atoms with E-state index in [0.717, 1.165) is 11.8 Å². The van der Waals surface area contributed by atoms with Crippen LogP contribution in [0.4, 0.5) is 8.78 Å². The molecule has 4 rings (SSSR count). The quantitative estimate of drug-likeness (QED) is 0.729. The van der Waals surface area contributed by atoms with E-state index in [1.54, 1.807) is 0 Å². The highest BCUT2D eigenvalue weighted by Gasteiger charge is 2.55. The lowest BCUT2D eigenvalue weighted by atomic mass is 9.45. The highest BCUT2D eigenvalue weighted by atomic mass is 19.3. The minimum Gasteiger partial charge on any atom is -0.375 e. The normalized spacial score (nSPS) is 48.0. The molecule has 2 unspecified atom stereocenters. The summed E-state index contributed by atoms with van der Waals surface area (Å²) in [4.78, 5) is 0. The fourth-order valence-corrected chi connectivity index (χ4v) is 5.46. The van der Waals surface area contributed by atoms with Gasteiger partial charge >= 0.3 is 0 Å². The maximum atomic E-state index is 12.1. The third-order valence-corrected chi connectivity index (χ3v) is 5.13. The van der Waals surface area contributed by atoms with Crippen LogP contribution in [0.5, 0.6) is 0 Å². The molecule has 0 heterocycles. The Morgan fingerprint density at radius 2 is 1.82 bits per heavy atom. The number of ether oxygens (including phenoxy) is 1. The van der Waals surface area contributed by atoms with Gasteiger partial charge in [0, 0.05) is 0 Å². The zero-order chi connectivity index (χ0) is 12.1. The Labute approximate surface area is 102 Å². The van der Waals surface area contributed by atoms with Gasteiger partial charge in [0.1, 0.15) is 6.61 Å². The molecule has 0 amide bonds. The van der Waals surface area contributed by atoms with E-state index in [-0.39, 0.29) is 12.0 Å². The second kappa shape index (κ2) is 3.91. The van der Waals surface area contributed by atoms with Crippen LogP contribution < -0.4 is 0 Å². The average Bonchev–Trinajstić information content (AvgIpc) is 2.11. The molecule has 4 aliphatic rings. The van der Waals surface area contributed by atoms with Gasteiger partial charge in [0.15, 0.2) is 0 Å². The van der Waals surface area contributed by atoms with Gasteiger partial charge in [0.25, 0.3) is 6.43 Å². The Morgan fingerprint density at radius 3 is 2.35 bits per heavy atom. The molecular weight excluding hydrogens is 222 g/mol. The Kier molecular flexibility index (Phi) is 2.73. The van der Waals surface area contributed by atoms with Crippen LogP contribution in [0.3, 0.4) is 0 Å². The van der Waals surface area contributed by atoms with E-state index in [1.165, 1.54) is 38.5 Å². The Hall–Kier alpha value is -0.180. The van der Waals surface area contributed by atoms with E-state index in [2.05, 4.69) is 6.92 Å². The van der Waals surface area contributed by atoms with Gasteiger partial charge in [-0.3, -0.25) is 0 Å². The summed E-state index contributed by atoms with van der Waals surface area (Å²) in [6, 6.07) is 0. The van der Waals surface area contributed by atoms with Crippen LogP contribution in [0.1, 0.15) is 45.4 Å². The van der Waals surface area contributed by atoms with Crippen molar-refractivity contribution in [2.24, 2.45) is 22.7 Å². The van der Waals surface area contributed by atoms with E-state index in [4.69, 9.17) is 4.74 Å². The van der Waals surface area contributed by atoms with Crippen molar-refractivity contribution < 1.29 is 13.5 Å². The summed E-state index contributed by atoms with van der Waals surface area (Å²) in [7, 11) is 0. The van der Waals surface area contributed by atoms with Crippen LogP contribution in [-0.4, -0.2) is 19.6 Å². The van der Waals surface area contributed by atoms with E-state index in [9.17, 15) is 8.78 Å². The standard InChI is InChI=1S/C14H22F2O/c1-13-3-10-2-11(4-13)6-14(5-10,8-13)9-17-7-12(15)16/h10-12H,2-9H2,1H3. The summed E-state index contributed by atoms with van der Waals surface area (Å²) in [6.07, 6.45) is 5.44. The molecule has 1 nitrogen and oxygen atoms in total. The lowest BCUT2D eigenvalue weighted by Crippen LogP contribution is -2.52. The lowest BCUT2D eigenvalue weighted by Gasteiger charge is -2.61. The van der Waals surface area contributed by atoms with E-state index in [1.807, 2.05) is 0 Å². The number of hydrogen-bond acceptors (Lipinski definition) is 1. The zero-order valence-electron chi connectivity index (χ0n) is 10.6. The molecule has 0 N–H and O–H groups in total. The molecular formula is C14H22F2O. The topological polar surface area (TPSA) is 9.23 Å². The van der Waals surface area contributed by atoms with Crippen LogP contribution in [0.15, 0.2) is 0 Å². The number of halogens is 2. The fraction of sp³-hybridized carbons (Fsp3) is 1.00. The predicted octanol–water partition coefficient (Wildman–Crippen LogP) is 3.87. The Morgan fingerprint density at radius 1 is 1.18 bits per heavy atom. The summed E-state index contributed by atoms with van der Waals surface area (Å²) in [5.74, 6) is 1.69. The third-order valence-electron chi connectivity index (χ3n) is 5.13. The predicted molar refractivity (Wildman–Crippen MR) is 62.0 cm³/mol. The van der Waals surface area contributed by atoms with Gasteiger partial charge in [-0.05, 0) is 61.2 Å². The molecule has 2 atom stereocenters. The van der Waals surface area contributed by atoms with Crippen molar-refractivity contribution in [3.05, 3.63) is 0 Å². The first kappa shape index (κ1) is 11.9.